The highest BCUT2D eigenvalue weighted by Crippen LogP contribution is 2.29. The molecule has 0 aliphatic heterocycles. The van der Waals surface area contributed by atoms with E-state index in [-0.39, 0.29) is 18.4 Å². The molecule has 2 rings (SSSR count). The number of hydrogen-bond acceptors (Lipinski definition) is 3. The average molecular weight is 375 g/mol. The lowest BCUT2D eigenvalue weighted by Gasteiger charge is -2.16. The molecule has 8 heteroatoms. The fourth-order valence-electron chi connectivity index (χ4n) is 2.54. The van der Waals surface area contributed by atoms with Gasteiger partial charge in [-0.1, -0.05) is 36.4 Å². The Morgan fingerprint density at radius 2 is 1.85 bits per heavy atom. The van der Waals surface area contributed by atoms with Gasteiger partial charge in [-0.3, -0.25) is 9.59 Å². The number of carbonyl (C=O) groups is 2. The summed E-state index contributed by atoms with van der Waals surface area (Å²) in [6, 6.07) is 11.8. The number of nitriles is 1. The molecule has 0 spiro atoms. The third-order valence-electron chi connectivity index (χ3n) is 3.86. The molecule has 0 saturated carbocycles. The fraction of sp³-hybridized carbons (Fsp3) is 0.211. The van der Waals surface area contributed by atoms with Crippen LogP contribution >= 0.6 is 0 Å². The summed E-state index contributed by atoms with van der Waals surface area (Å²) >= 11 is 0. The van der Waals surface area contributed by atoms with E-state index in [4.69, 9.17) is 11.0 Å². The van der Waals surface area contributed by atoms with Crippen molar-refractivity contribution in [2.75, 3.05) is 0 Å². The lowest BCUT2D eigenvalue weighted by Crippen LogP contribution is -2.46. The number of primary amides is 1. The van der Waals surface area contributed by atoms with E-state index in [1.807, 2.05) is 6.07 Å². The summed E-state index contributed by atoms with van der Waals surface area (Å²) in [4.78, 5) is 23.8. The first-order chi connectivity index (χ1) is 12.7. The number of amides is 2. The number of halogens is 3. The number of alkyl halides is 3. The van der Waals surface area contributed by atoms with Crippen LogP contribution in [0.15, 0.2) is 48.5 Å². The third-order valence-corrected chi connectivity index (χ3v) is 3.86. The van der Waals surface area contributed by atoms with E-state index in [0.717, 1.165) is 12.1 Å². The molecule has 27 heavy (non-hydrogen) atoms. The Hall–Kier alpha value is -3.34. The molecule has 0 fully saturated rings. The molecule has 1 atom stereocenters. The normalized spacial score (nSPS) is 12.1. The predicted molar refractivity (Wildman–Crippen MR) is 91.1 cm³/mol. The standard InChI is InChI=1S/C19H16F3N3O2/c20-19(21,22)15-7-3-4-12(8-15)9-17(26)25-16(18(24)27)10-13-5-1-2-6-14(13)11-23/h1-8,16H,9-10H2,(H2,24,27)(H,25,26)/t16-/m0/s1. The van der Waals surface area contributed by atoms with Gasteiger partial charge >= 0.3 is 6.18 Å². The number of carbonyl (C=O) groups excluding carboxylic acids is 2. The molecule has 0 aromatic heterocycles. The highest BCUT2D eigenvalue weighted by molar-refractivity contribution is 5.87. The molecule has 0 aliphatic rings. The van der Waals surface area contributed by atoms with E-state index in [1.165, 1.54) is 12.1 Å². The summed E-state index contributed by atoms with van der Waals surface area (Å²) in [5.41, 5.74) is 5.48. The SMILES string of the molecule is N#Cc1ccccc1C[C@H](NC(=O)Cc1cccc(C(F)(F)F)c1)C(N)=O. The largest absolute Gasteiger partial charge is 0.416 e. The Morgan fingerprint density at radius 3 is 2.48 bits per heavy atom. The van der Waals surface area contributed by atoms with Crippen LogP contribution in [0.3, 0.4) is 0 Å². The Bertz CT molecular complexity index is 888. The summed E-state index contributed by atoms with van der Waals surface area (Å²) in [6.07, 6.45) is -4.84. The Balaban J connectivity index is 2.10. The summed E-state index contributed by atoms with van der Waals surface area (Å²) in [5, 5.41) is 11.5. The Morgan fingerprint density at radius 1 is 1.15 bits per heavy atom. The van der Waals surface area contributed by atoms with Crippen molar-refractivity contribution in [2.45, 2.75) is 25.1 Å². The Kier molecular flexibility index (Phi) is 6.19. The number of benzene rings is 2. The molecular weight excluding hydrogens is 359 g/mol. The quantitative estimate of drug-likeness (QED) is 0.811. The van der Waals surface area contributed by atoms with Gasteiger partial charge in [0.25, 0.3) is 0 Å². The molecule has 0 unspecified atom stereocenters. The number of nitrogens with zero attached hydrogens (tertiary/aromatic N) is 1. The van der Waals surface area contributed by atoms with E-state index >= 15 is 0 Å². The van der Waals surface area contributed by atoms with Crippen LogP contribution in [0.2, 0.25) is 0 Å². The molecule has 0 aliphatic carbocycles. The summed E-state index contributed by atoms with van der Waals surface area (Å²) in [6.45, 7) is 0. The fourth-order valence-corrected chi connectivity index (χ4v) is 2.54. The van der Waals surface area contributed by atoms with Crippen LogP contribution < -0.4 is 11.1 Å². The average Bonchev–Trinajstić information content (AvgIpc) is 2.61. The lowest BCUT2D eigenvalue weighted by molar-refractivity contribution is -0.137. The van der Waals surface area contributed by atoms with Gasteiger partial charge in [-0.15, -0.1) is 0 Å². The second-order valence-corrected chi connectivity index (χ2v) is 5.87. The summed E-state index contributed by atoms with van der Waals surface area (Å²) in [7, 11) is 0. The van der Waals surface area contributed by atoms with Gasteiger partial charge < -0.3 is 11.1 Å². The van der Waals surface area contributed by atoms with Gasteiger partial charge in [-0.25, -0.2) is 0 Å². The zero-order chi connectivity index (χ0) is 20.0. The van der Waals surface area contributed by atoms with Crippen molar-refractivity contribution in [1.29, 1.82) is 5.26 Å². The Labute approximate surface area is 153 Å². The van der Waals surface area contributed by atoms with Crippen molar-refractivity contribution in [3.8, 4) is 6.07 Å². The maximum Gasteiger partial charge on any atom is 0.416 e. The van der Waals surface area contributed by atoms with Gasteiger partial charge in [0.15, 0.2) is 0 Å². The molecule has 0 heterocycles. The van der Waals surface area contributed by atoms with Gasteiger partial charge in [-0.05, 0) is 23.3 Å². The van der Waals surface area contributed by atoms with Crippen LogP contribution in [0.25, 0.3) is 0 Å². The van der Waals surface area contributed by atoms with E-state index < -0.39 is 29.6 Å². The molecular formula is C19H16F3N3O2. The zero-order valence-electron chi connectivity index (χ0n) is 14.1. The molecule has 0 saturated heterocycles. The van der Waals surface area contributed by atoms with Gasteiger partial charge in [0, 0.05) is 6.42 Å². The molecule has 140 valence electrons. The predicted octanol–water partition coefficient (Wildman–Crippen LogP) is 2.33. The minimum absolute atomic E-state index is 0.00734. The van der Waals surface area contributed by atoms with Gasteiger partial charge in [0.1, 0.15) is 6.04 Å². The minimum Gasteiger partial charge on any atom is -0.368 e. The molecule has 2 aromatic rings. The summed E-state index contributed by atoms with van der Waals surface area (Å²) < 4.78 is 38.2. The monoisotopic (exact) mass is 375 g/mol. The van der Waals surface area contributed by atoms with Crippen molar-refractivity contribution in [3.05, 3.63) is 70.8 Å². The van der Waals surface area contributed by atoms with E-state index in [9.17, 15) is 22.8 Å². The van der Waals surface area contributed by atoms with E-state index in [2.05, 4.69) is 5.32 Å². The van der Waals surface area contributed by atoms with Crippen molar-refractivity contribution >= 4 is 11.8 Å². The van der Waals surface area contributed by atoms with Crippen LogP contribution in [0.5, 0.6) is 0 Å². The van der Waals surface area contributed by atoms with Crippen LogP contribution in [0, 0.1) is 11.3 Å². The summed E-state index contributed by atoms with van der Waals surface area (Å²) in [5.74, 6) is -1.45. The smallest absolute Gasteiger partial charge is 0.368 e. The van der Waals surface area contributed by atoms with Crippen molar-refractivity contribution in [1.82, 2.24) is 5.32 Å². The molecule has 3 N–H and O–H groups in total. The molecule has 0 bridgehead atoms. The molecule has 0 radical (unpaired) electrons. The third kappa shape index (κ3) is 5.57. The minimum atomic E-state index is -4.51. The van der Waals surface area contributed by atoms with Crippen LogP contribution in [0.4, 0.5) is 13.2 Å². The van der Waals surface area contributed by atoms with Gasteiger partial charge in [0.2, 0.25) is 11.8 Å². The van der Waals surface area contributed by atoms with Gasteiger partial charge in [0.05, 0.1) is 23.6 Å². The van der Waals surface area contributed by atoms with Crippen LogP contribution in [0.1, 0.15) is 22.3 Å². The number of hydrogen-bond donors (Lipinski definition) is 2. The van der Waals surface area contributed by atoms with Crippen molar-refractivity contribution < 1.29 is 22.8 Å². The van der Waals surface area contributed by atoms with Gasteiger partial charge in [-0.2, -0.15) is 18.4 Å². The number of nitrogens with one attached hydrogen (secondary N) is 1. The maximum absolute atomic E-state index is 12.7. The first kappa shape index (κ1) is 20.0. The van der Waals surface area contributed by atoms with E-state index in [0.29, 0.717) is 11.1 Å². The van der Waals surface area contributed by atoms with Crippen molar-refractivity contribution in [2.24, 2.45) is 5.73 Å². The molecule has 2 amide bonds. The van der Waals surface area contributed by atoms with Crippen LogP contribution in [-0.2, 0) is 28.6 Å². The molecule has 2 aromatic carbocycles. The van der Waals surface area contributed by atoms with Crippen molar-refractivity contribution in [3.63, 3.8) is 0 Å². The molecule has 5 nitrogen and oxygen atoms in total. The maximum atomic E-state index is 12.7. The highest BCUT2D eigenvalue weighted by Gasteiger charge is 2.30. The number of nitrogens with two attached hydrogens (primary N) is 1. The topological polar surface area (TPSA) is 96.0 Å². The lowest BCUT2D eigenvalue weighted by atomic mass is 10.00. The first-order valence-electron chi connectivity index (χ1n) is 7.93. The zero-order valence-corrected chi connectivity index (χ0v) is 14.1. The second kappa shape index (κ2) is 8.36. The number of rotatable bonds is 6. The highest BCUT2D eigenvalue weighted by atomic mass is 19.4. The second-order valence-electron chi connectivity index (χ2n) is 5.87. The van der Waals surface area contributed by atoms with Crippen LogP contribution in [-0.4, -0.2) is 17.9 Å². The van der Waals surface area contributed by atoms with E-state index in [1.54, 1.807) is 24.3 Å². The first-order valence-corrected chi connectivity index (χ1v) is 7.93.